The molecule has 2 heteroatoms. The average molecular weight is 533 g/mol. The summed E-state index contributed by atoms with van der Waals surface area (Å²) in [6.45, 7) is 9.47. The number of unbranched alkanes of at least 4 members (excludes halogenated alkanes) is 24. The van der Waals surface area contributed by atoms with E-state index in [1.807, 2.05) is 0 Å². The van der Waals surface area contributed by atoms with Gasteiger partial charge in [0.1, 0.15) is 6.17 Å². The lowest BCUT2D eigenvalue weighted by atomic mass is 10.0. The molecule has 1 heterocycles. The fraction of sp³-hybridized carbons (Fsp3) is 0.944. The van der Waals surface area contributed by atoms with E-state index in [0.29, 0.717) is 6.17 Å². The van der Waals surface area contributed by atoms with Crippen LogP contribution in [0.4, 0.5) is 0 Å². The predicted octanol–water partition coefficient (Wildman–Crippen LogP) is 12.4. The number of hydrogen-bond acceptors (Lipinski definition) is 2. The molecule has 0 amide bonds. The highest BCUT2D eigenvalue weighted by Gasteiger charge is 2.24. The molecule has 0 N–H and O–H groups in total. The van der Waals surface area contributed by atoms with Gasteiger partial charge in [-0.15, -0.1) is 0 Å². The van der Waals surface area contributed by atoms with Crippen molar-refractivity contribution in [2.45, 2.75) is 207 Å². The predicted molar refractivity (Wildman–Crippen MR) is 173 cm³/mol. The van der Waals surface area contributed by atoms with Gasteiger partial charge in [0.2, 0.25) is 0 Å². The van der Waals surface area contributed by atoms with E-state index in [4.69, 9.17) is 0 Å². The lowest BCUT2D eigenvalue weighted by molar-refractivity contribution is 0.135. The second-order valence-electron chi connectivity index (χ2n) is 12.5. The Kier molecular flexibility index (Phi) is 26.0. The van der Waals surface area contributed by atoms with Crippen LogP contribution in [0.5, 0.6) is 0 Å². The molecule has 0 radical (unpaired) electrons. The molecule has 0 aromatic carbocycles. The molecule has 226 valence electrons. The number of rotatable bonds is 30. The van der Waals surface area contributed by atoms with Gasteiger partial charge in [0.05, 0.1) is 0 Å². The van der Waals surface area contributed by atoms with Crippen LogP contribution in [0.15, 0.2) is 12.4 Å². The molecule has 0 fully saturated rings. The summed E-state index contributed by atoms with van der Waals surface area (Å²) >= 11 is 0. The van der Waals surface area contributed by atoms with Gasteiger partial charge in [-0.05, 0) is 25.7 Å². The Balaban J connectivity index is 2.21. The molecule has 38 heavy (non-hydrogen) atoms. The molecule has 0 spiro atoms. The Hall–Kier alpha value is -0.660. The van der Waals surface area contributed by atoms with Crippen LogP contribution in [-0.2, 0) is 0 Å². The second kappa shape index (κ2) is 27.9. The lowest BCUT2D eigenvalue weighted by Gasteiger charge is -2.33. The second-order valence-corrected chi connectivity index (χ2v) is 12.5. The van der Waals surface area contributed by atoms with Crippen LogP contribution >= 0.6 is 0 Å². The van der Waals surface area contributed by atoms with Gasteiger partial charge in [-0.3, -0.25) is 0 Å². The maximum absolute atomic E-state index is 2.71. The Morgan fingerprint density at radius 2 is 0.605 bits per heavy atom. The zero-order chi connectivity index (χ0) is 27.4. The highest BCUT2D eigenvalue weighted by atomic mass is 15.4. The molecule has 0 saturated carbocycles. The van der Waals surface area contributed by atoms with E-state index in [1.54, 1.807) is 0 Å². The van der Waals surface area contributed by atoms with Crippen LogP contribution in [0.1, 0.15) is 201 Å². The molecule has 2 nitrogen and oxygen atoms in total. The van der Waals surface area contributed by atoms with Crippen molar-refractivity contribution < 1.29 is 0 Å². The van der Waals surface area contributed by atoms with Crippen molar-refractivity contribution >= 4 is 0 Å². The summed E-state index contributed by atoms with van der Waals surface area (Å²) < 4.78 is 0. The summed E-state index contributed by atoms with van der Waals surface area (Å²) in [6, 6.07) is 0. The van der Waals surface area contributed by atoms with Crippen LogP contribution in [0.2, 0.25) is 0 Å². The summed E-state index contributed by atoms with van der Waals surface area (Å²) in [7, 11) is 0. The maximum Gasteiger partial charge on any atom is 0.101 e. The molecule has 1 unspecified atom stereocenters. The van der Waals surface area contributed by atoms with E-state index in [0.717, 1.165) is 0 Å². The molecule has 1 rings (SSSR count). The zero-order valence-electron chi connectivity index (χ0n) is 26.8. The highest BCUT2D eigenvalue weighted by Crippen LogP contribution is 2.24. The highest BCUT2D eigenvalue weighted by molar-refractivity contribution is 4.97. The van der Waals surface area contributed by atoms with Crippen molar-refractivity contribution in [2.75, 3.05) is 13.1 Å². The summed E-state index contributed by atoms with van der Waals surface area (Å²) in [4.78, 5) is 5.41. The van der Waals surface area contributed by atoms with Gasteiger partial charge in [0, 0.05) is 25.5 Å². The van der Waals surface area contributed by atoms with Crippen LogP contribution < -0.4 is 0 Å². The number of hydrogen-bond donors (Lipinski definition) is 0. The Morgan fingerprint density at radius 1 is 0.342 bits per heavy atom. The molecular weight excluding hydrogens is 460 g/mol. The van der Waals surface area contributed by atoms with Crippen molar-refractivity contribution in [3.63, 3.8) is 0 Å². The summed E-state index contributed by atoms with van der Waals surface area (Å²) in [6.07, 6.45) is 45.4. The van der Waals surface area contributed by atoms with E-state index in [1.165, 1.54) is 193 Å². The molecule has 1 aliphatic rings. The van der Waals surface area contributed by atoms with Crippen molar-refractivity contribution in [2.24, 2.45) is 0 Å². The van der Waals surface area contributed by atoms with Gasteiger partial charge in [-0.1, -0.05) is 175 Å². The van der Waals surface area contributed by atoms with Crippen LogP contribution in [0.25, 0.3) is 0 Å². The third-order valence-electron chi connectivity index (χ3n) is 8.82. The Bertz CT molecular complexity index is 488. The van der Waals surface area contributed by atoms with Gasteiger partial charge in [0.15, 0.2) is 0 Å². The van der Waals surface area contributed by atoms with Crippen molar-refractivity contribution in [1.82, 2.24) is 9.80 Å². The van der Waals surface area contributed by atoms with E-state index < -0.39 is 0 Å². The van der Waals surface area contributed by atoms with Crippen molar-refractivity contribution in [1.29, 1.82) is 0 Å². The van der Waals surface area contributed by atoms with Gasteiger partial charge >= 0.3 is 0 Å². The lowest BCUT2D eigenvalue weighted by Crippen LogP contribution is -2.39. The molecular formula is C36H72N2. The summed E-state index contributed by atoms with van der Waals surface area (Å²) in [5, 5.41) is 0. The van der Waals surface area contributed by atoms with Crippen molar-refractivity contribution in [3.8, 4) is 0 Å². The molecule has 0 aromatic rings. The fourth-order valence-electron chi connectivity index (χ4n) is 6.19. The monoisotopic (exact) mass is 533 g/mol. The minimum absolute atomic E-state index is 0.642. The van der Waals surface area contributed by atoms with E-state index in [9.17, 15) is 0 Å². The average Bonchev–Trinajstić information content (AvgIpc) is 3.31. The molecule has 0 aliphatic carbocycles. The number of nitrogens with zero attached hydrogens (tertiary/aromatic N) is 2. The topological polar surface area (TPSA) is 6.48 Å². The fourth-order valence-corrected chi connectivity index (χ4v) is 6.19. The summed E-state index contributed by atoms with van der Waals surface area (Å²) in [5.74, 6) is 0. The zero-order valence-corrected chi connectivity index (χ0v) is 26.8. The first-order valence-corrected chi connectivity index (χ1v) is 18.0. The largest absolute Gasteiger partial charge is 0.356 e. The van der Waals surface area contributed by atoms with E-state index in [-0.39, 0.29) is 0 Å². The van der Waals surface area contributed by atoms with Gasteiger partial charge < -0.3 is 9.80 Å². The first-order valence-electron chi connectivity index (χ1n) is 18.0. The Labute approximate surface area is 241 Å². The summed E-state index contributed by atoms with van der Waals surface area (Å²) in [5.41, 5.74) is 0. The maximum atomic E-state index is 2.71. The van der Waals surface area contributed by atoms with Crippen LogP contribution in [-0.4, -0.2) is 29.1 Å². The van der Waals surface area contributed by atoms with Crippen LogP contribution in [0.3, 0.4) is 0 Å². The minimum Gasteiger partial charge on any atom is -0.356 e. The molecule has 0 aromatic heterocycles. The van der Waals surface area contributed by atoms with Crippen LogP contribution in [0, 0.1) is 0 Å². The van der Waals surface area contributed by atoms with Gasteiger partial charge in [-0.25, -0.2) is 0 Å². The Morgan fingerprint density at radius 3 is 0.921 bits per heavy atom. The van der Waals surface area contributed by atoms with Crippen molar-refractivity contribution in [3.05, 3.63) is 12.4 Å². The standard InChI is InChI=1S/C36H72N2/c1-4-7-10-13-16-18-19-20-21-24-27-30-33-38-35-34-37(32-29-26-23-17-14-11-8-5-2)36(38)31-28-25-22-15-12-9-6-3/h34-36H,4-33H2,1-3H3. The molecule has 1 aliphatic heterocycles. The van der Waals surface area contributed by atoms with Gasteiger partial charge in [-0.2, -0.15) is 0 Å². The normalized spacial score (nSPS) is 15.3. The smallest absolute Gasteiger partial charge is 0.101 e. The molecule has 1 atom stereocenters. The van der Waals surface area contributed by atoms with E-state index >= 15 is 0 Å². The quantitative estimate of drug-likeness (QED) is 0.0848. The van der Waals surface area contributed by atoms with E-state index in [2.05, 4.69) is 43.0 Å². The SMILES string of the molecule is CCCCCCCCCCCCCCN1C=CN(CCCCCCCCCC)C1CCCCCCCCC. The first-order chi connectivity index (χ1) is 18.8. The van der Waals surface area contributed by atoms with Gasteiger partial charge in [0.25, 0.3) is 0 Å². The third-order valence-corrected chi connectivity index (χ3v) is 8.82. The first kappa shape index (κ1) is 35.4. The third kappa shape index (κ3) is 20.3. The minimum atomic E-state index is 0.642. The molecule has 0 saturated heterocycles. The molecule has 0 bridgehead atoms.